The fraction of sp³-hybridized carbons (Fsp3) is 0.125. The summed E-state index contributed by atoms with van der Waals surface area (Å²) in [6, 6.07) is 4.88. The van der Waals surface area contributed by atoms with Gasteiger partial charge in [0.25, 0.3) is 0 Å². The van der Waals surface area contributed by atoms with E-state index in [-0.39, 0.29) is 6.54 Å². The lowest BCUT2D eigenvalue weighted by molar-refractivity contribution is -0.497. The molecule has 2 rings (SSSR count). The van der Waals surface area contributed by atoms with Gasteiger partial charge in [-0.15, -0.1) is 0 Å². The van der Waals surface area contributed by atoms with Crippen LogP contribution in [0.15, 0.2) is 22.7 Å². The number of benzene rings is 1. The van der Waals surface area contributed by atoms with Crippen molar-refractivity contribution in [3.63, 3.8) is 0 Å². The molecule has 0 spiro atoms. The number of nitro groups is 1. The maximum absolute atomic E-state index is 10.3. The number of hydrogen-bond donors (Lipinski definition) is 0. The molecule has 0 aliphatic heterocycles. The van der Waals surface area contributed by atoms with Gasteiger partial charge in [0.15, 0.2) is 11.3 Å². The van der Waals surface area contributed by atoms with E-state index in [1.165, 1.54) is 0 Å². The molecule has 0 atom stereocenters. The average molecular weight is 213 g/mol. The Bertz CT molecular complexity index is 494. The van der Waals surface area contributed by atoms with Crippen molar-refractivity contribution in [3.05, 3.63) is 39.0 Å². The van der Waals surface area contributed by atoms with Gasteiger partial charge in [0.1, 0.15) is 0 Å². The summed E-state index contributed by atoms with van der Waals surface area (Å²) in [6.07, 6.45) is 0. The van der Waals surface area contributed by atoms with Crippen molar-refractivity contribution >= 4 is 22.6 Å². The molecule has 0 aliphatic rings. The van der Waals surface area contributed by atoms with Crippen molar-refractivity contribution in [1.82, 2.24) is 5.16 Å². The highest BCUT2D eigenvalue weighted by Gasteiger charge is 2.13. The van der Waals surface area contributed by atoms with Gasteiger partial charge in [-0.2, -0.15) is 0 Å². The van der Waals surface area contributed by atoms with Crippen LogP contribution in [0.25, 0.3) is 11.0 Å². The van der Waals surface area contributed by atoms with Crippen LogP contribution in [0.4, 0.5) is 0 Å². The van der Waals surface area contributed by atoms with Crippen LogP contribution >= 0.6 is 11.6 Å². The highest BCUT2D eigenvalue weighted by Crippen LogP contribution is 2.22. The monoisotopic (exact) mass is 212 g/mol. The van der Waals surface area contributed by atoms with E-state index in [1.807, 2.05) is 0 Å². The number of aromatic nitrogens is 1. The number of halogens is 1. The Kier molecular flexibility index (Phi) is 2.09. The molecule has 14 heavy (non-hydrogen) atoms. The Hall–Kier alpha value is -1.62. The molecule has 0 saturated carbocycles. The van der Waals surface area contributed by atoms with Crippen molar-refractivity contribution < 1.29 is 9.45 Å². The third-order valence-corrected chi connectivity index (χ3v) is 2.02. The van der Waals surface area contributed by atoms with Crippen LogP contribution in [0.5, 0.6) is 0 Å². The Morgan fingerprint density at radius 3 is 3.07 bits per heavy atom. The van der Waals surface area contributed by atoms with Crippen LogP contribution in [0, 0.1) is 10.1 Å². The summed E-state index contributed by atoms with van der Waals surface area (Å²) in [5, 5.41) is 15.0. The molecule has 1 aromatic carbocycles. The number of hydrogen-bond acceptors (Lipinski definition) is 4. The number of rotatable bonds is 2. The molecular weight excluding hydrogens is 208 g/mol. The highest BCUT2D eigenvalue weighted by molar-refractivity contribution is 6.31. The average Bonchev–Trinajstić information content (AvgIpc) is 2.47. The van der Waals surface area contributed by atoms with Crippen LogP contribution in [-0.2, 0) is 6.54 Å². The van der Waals surface area contributed by atoms with Crippen LogP contribution < -0.4 is 0 Å². The summed E-state index contributed by atoms with van der Waals surface area (Å²) >= 11 is 5.74. The summed E-state index contributed by atoms with van der Waals surface area (Å²) in [5.74, 6) is 0. The molecule has 0 aliphatic carbocycles. The first-order valence-electron chi connectivity index (χ1n) is 3.82. The second kappa shape index (κ2) is 3.26. The Labute approximate surface area is 83.4 Å². The molecule has 0 N–H and O–H groups in total. The molecule has 0 radical (unpaired) electrons. The fourth-order valence-electron chi connectivity index (χ4n) is 1.20. The molecule has 5 nitrogen and oxygen atoms in total. The van der Waals surface area contributed by atoms with E-state index in [0.29, 0.717) is 21.7 Å². The molecule has 0 fully saturated rings. The van der Waals surface area contributed by atoms with E-state index >= 15 is 0 Å². The summed E-state index contributed by atoms with van der Waals surface area (Å²) < 4.78 is 4.89. The van der Waals surface area contributed by atoms with Gasteiger partial charge in [0.2, 0.25) is 6.54 Å². The molecule has 0 amide bonds. The van der Waals surface area contributed by atoms with Crippen molar-refractivity contribution in [2.75, 3.05) is 0 Å². The molecule has 0 unspecified atom stereocenters. The van der Waals surface area contributed by atoms with E-state index in [0.717, 1.165) is 0 Å². The topological polar surface area (TPSA) is 69.2 Å². The van der Waals surface area contributed by atoms with Crippen molar-refractivity contribution in [3.8, 4) is 0 Å². The minimum absolute atomic E-state index is 0.299. The highest BCUT2D eigenvalue weighted by atomic mass is 35.5. The van der Waals surface area contributed by atoms with E-state index < -0.39 is 4.92 Å². The summed E-state index contributed by atoms with van der Waals surface area (Å²) in [5.41, 5.74) is 0.804. The zero-order chi connectivity index (χ0) is 10.1. The van der Waals surface area contributed by atoms with Gasteiger partial charge in [-0.1, -0.05) is 16.8 Å². The first-order chi connectivity index (χ1) is 6.66. The number of nitrogens with zero attached hydrogens (tertiary/aromatic N) is 2. The first-order valence-corrected chi connectivity index (χ1v) is 4.20. The molecule has 0 saturated heterocycles. The quantitative estimate of drug-likeness (QED) is 0.566. The lowest BCUT2D eigenvalue weighted by Gasteiger charge is -1.90. The van der Waals surface area contributed by atoms with Gasteiger partial charge >= 0.3 is 0 Å². The minimum atomic E-state index is -0.460. The van der Waals surface area contributed by atoms with Gasteiger partial charge in [0.05, 0.1) is 5.39 Å². The Morgan fingerprint density at radius 2 is 2.36 bits per heavy atom. The third kappa shape index (κ3) is 1.54. The standard InChI is InChI=1S/C8H5ClN2O3/c9-5-1-2-8-6(3-5)7(10-14-8)4-11(12)13/h1-3H,4H2. The smallest absolute Gasteiger partial charge is 0.249 e. The van der Waals surface area contributed by atoms with Crippen LogP contribution in [0.1, 0.15) is 5.69 Å². The van der Waals surface area contributed by atoms with Crippen LogP contribution in [-0.4, -0.2) is 10.1 Å². The molecule has 2 aromatic rings. The second-order valence-electron chi connectivity index (χ2n) is 2.76. The minimum Gasteiger partial charge on any atom is -0.356 e. The lowest BCUT2D eigenvalue weighted by atomic mass is 10.2. The zero-order valence-corrected chi connectivity index (χ0v) is 7.69. The number of fused-ring (bicyclic) bond motifs is 1. The normalized spacial score (nSPS) is 10.6. The lowest BCUT2D eigenvalue weighted by Crippen LogP contribution is -1.98. The van der Waals surface area contributed by atoms with E-state index in [1.54, 1.807) is 18.2 Å². The molecule has 72 valence electrons. The molecule has 6 heteroatoms. The van der Waals surface area contributed by atoms with Crippen molar-refractivity contribution in [1.29, 1.82) is 0 Å². The van der Waals surface area contributed by atoms with Crippen LogP contribution in [0.2, 0.25) is 5.02 Å². The summed E-state index contributed by atoms with van der Waals surface area (Å²) in [7, 11) is 0. The Morgan fingerprint density at radius 1 is 1.57 bits per heavy atom. The first kappa shape index (κ1) is 8.96. The van der Waals surface area contributed by atoms with Gasteiger partial charge < -0.3 is 4.52 Å². The molecular formula is C8H5ClN2O3. The Balaban J connectivity index is 2.55. The van der Waals surface area contributed by atoms with Gasteiger partial charge in [-0.3, -0.25) is 10.1 Å². The van der Waals surface area contributed by atoms with E-state index in [4.69, 9.17) is 16.1 Å². The maximum Gasteiger partial charge on any atom is 0.249 e. The van der Waals surface area contributed by atoms with Crippen molar-refractivity contribution in [2.45, 2.75) is 6.54 Å². The fourth-order valence-corrected chi connectivity index (χ4v) is 1.37. The van der Waals surface area contributed by atoms with E-state index in [9.17, 15) is 10.1 Å². The SMILES string of the molecule is O=[N+]([O-])Cc1noc2ccc(Cl)cc12. The van der Waals surface area contributed by atoms with Gasteiger partial charge in [-0.25, -0.2) is 0 Å². The third-order valence-electron chi connectivity index (χ3n) is 1.79. The predicted molar refractivity (Wildman–Crippen MR) is 49.7 cm³/mol. The van der Waals surface area contributed by atoms with Crippen LogP contribution in [0.3, 0.4) is 0 Å². The maximum atomic E-state index is 10.3. The van der Waals surface area contributed by atoms with E-state index in [2.05, 4.69) is 5.16 Å². The molecule has 1 aromatic heterocycles. The zero-order valence-electron chi connectivity index (χ0n) is 6.94. The van der Waals surface area contributed by atoms with Crippen molar-refractivity contribution in [2.24, 2.45) is 0 Å². The van der Waals surface area contributed by atoms with Gasteiger partial charge in [0, 0.05) is 9.95 Å². The predicted octanol–water partition coefficient (Wildman–Crippen LogP) is 2.26. The molecule has 1 heterocycles. The van der Waals surface area contributed by atoms with Gasteiger partial charge in [-0.05, 0) is 18.2 Å². The second-order valence-corrected chi connectivity index (χ2v) is 3.20. The summed E-state index contributed by atoms with van der Waals surface area (Å²) in [4.78, 5) is 9.83. The molecule has 0 bridgehead atoms. The largest absolute Gasteiger partial charge is 0.356 e. The summed E-state index contributed by atoms with van der Waals surface area (Å²) in [6.45, 7) is -0.354.